The molecule has 30 heavy (non-hydrogen) atoms. The molecule has 0 heterocycles. The molecule has 0 fully saturated rings. The van der Waals surface area contributed by atoms with Crippen molar-refractivity contribution >= 4 is 27.5 Å². The predicted octanol–water partition coefficient (Wildman–Crippen LogP) is 4.74. The van der Waals surface area contributed by atoms with Gasteiger partial charge >= 0.3 is 17.1 Å². The normalized spacial score (nSPS) is 13.5. The molecule has 0 saturated carbocycles. The largest absolute Gasteiger partial charge is 0.406 e. The van der Waals surface area contributed by atoms with Crippen LogP contribution in [0.4, 0.5) is 0 Å². The zero-order valence-electron chi connectivity index (χ0n) is 20.0. The van der Waals surface area contributed by atoms with Crippen LogP contribution in [0, 0.1) is 0 Å². The maximum atomic E-state index is 6.68. The summed E-state index contributed by atoms with van der Waals surface area (Å²) in [6, 6.07) is 18.6. The Kier molecular flexibility index (Phi) is 7.88. The third-order valence-corrected chi connectivity index (χ3v) is 14.1. The van der Waals surface area contributed by atoms with E-state index < -0.39 is 17.1 Å². The number of benzene rings is 2. The Labute approximate surface area is 185 Å². The summed E-state index contributed by atoms with van der Waals surface area (Å²) in [5.74, 6) is 0. The van der Waals surface area contributed by atoms with Gasteiger partial charge in [0.15, 0.2) is 0 Å². The lowest BCUT2D eigenvalue weighted by Crippen LogP contribution is -2.62. The highest BCUT2D eigenvalue weighted by Crippen LogP contribution is 2.52. The van der Waals surface area contributed by atoms with E-state index in [1.807, 2.05) is 18.2 Å². The molecule has 0 aliphatic rings. The summed E-state index contributed by atoms with van der Waals surface area (Å²) < 4.78 is 25.0. The Bertz CT molecular complexity index is 792. The van der Waals surface area contributed by atoms with Crippen molar-refractivity contribution in [2.45, 2.75) is 58.2 Å². The second kappa shape index (κ2) is 9.46. The van der Waals surface area contributed by atoms with E-state index >= 15 is 0 Å². The lowest BCUT2D eigenvalue weighted by atomic mass is 10.2. The summed E-state index contributed by atoms with van der Waals surface area (Å²) in [4.78, 5) is 0. The molecule has 2 rings (SSSR count). The summed E-state index contributed by atoms with van der Waals surface area (Å²) in [6.07, 6.45) is 0. The molecular weight excluding hydrogens is 408 g/mol. The molecule has 0 atom stereocenters. The molecule has 0 amide bonds. The average Bonchev–Trinajstić information content (AvgIpc) is 2.69. The van der Waals surface area contributed by atoms with Crippen molar-refractivity contribution in [2.75, 3.05) is 21.3 Å². The second-order valence-corrected chi connectivity index (χ2v) is 17.8. The lowest BCUT2D eigenvalue weighted by molar-refractivity contribution is 0.144. The molecule has 0 spiro atoms. The van der Waals surface area contributed by atoms with Gasteiger partial charge in [-0.15, -0.1) is 0 Å². The summed E-state index contributed by atoms with van der Waals surface area (Å²) in [5, 5.41) is 2.01. The van der Waals surface area contributed by atoms with Gasteiger partial charge in [-0.3, -0.25) is 0 Å². The Morgan fingerprint density at radius 2 is 1.20 bits per heavy atom. The topological polar surface area (TPSA) is 36.9 Å². The molecule has 0 unspecified atom stereocenters. The fourth-order valence-corrected chi connectivity index (χ4v) is 12.3. The van der Waals surface area contributed by atoms with Crippen LogP contribution in [0.15, 0.2) is 54.6 Å². The van der Waals surface area contributed by atoms with Gasteiger partial charge in [-0.2, -0.15) is 0 Å². The highest BCUT2D eigenvalue weighted by Gasteiger charge is 2.57. The first-order chi connectivity index (χ1) is 14.0. The van der Waals surface area contributed by atoms with Crippen LogP contribution in [-0.2, 0) is 24.3 Å². The molecule has 0 bridgehead atoms. The van der Waals surface area contributed by atoms with Crippen molar-refractivity contribution in [1.82, 2.24) is 0 Å². The molecule has 4 nitrogen and oxygen atoms in total. The minimum atomic E-state index is -2.76. The summed E-state index contributed by atoms with van der Waals surface area (Å²) in [5.41, 5.74) is 1.09. The van der Waals surface area contributed by atoms with Crippen LogP contribution < -0.4 is 10.4 Å². The number of rotatable bonds is 8. The van der Waals surface area contributed by atoms with E-state index in [9.17, 15) is 0 Å². The molecule has 166 valence electrons. The second-order valence-electron chi connectivity index (χ2n) is 9.70. The first kappa shape index (κ1) is 25.0. The molecule has 0 saturated heterocycles. The predicted molar refractivity (Wildman–Crippen MR) is 129 cm³/mol. The van der Waals surface area contributed by atoms with E-state index in [0.717, 1.165) is 15.9 Å². The fourth-order valence-electron chi connectivity index (χ4n) is 4.66. The van der Waals surface area contributed by atoms with E-state index in [1.54, 1.807) is 21.3 Å². The van der Waals surface area contributed by atoms with Crippen molar-refractivity contribution in [3.63, 3.8) is 0 Å². The van der Waals surface area contributed by atoms with Gasteiger partial charge in [0.05, 0.1) is 6.61 Å². The highest BCUT2D eigenvalue weighted by atomic mass is 28.4. The molecular formula is C24H38O4Si2. The molecule has 2 aromatic rings. The minimum Gasteiger partial charge on any atom is -0.397 e. The van der Waals surface area contributed by atoms with E-state index in [2.05, 4.69) is 77.9 Å². The van der Waals surface area contributed by atoms with Crippen LogP contribution >= 0.6 is 0 Å². The van der Waals surface area contributed by atoms with E-state index in [1.165, 1.54) is 0 Å². The molecule has 0 aliphatic carbocycles. The van der Waals surface area contributed by atoms with Gasteiger partial charge in [-0.1, -0.05) is 96.1 Å². The number of hydrogen-bond donors (Lipinski definition) is 0. The Morgan fingerprint density at radius 3 is 1.67 bits per heavy atom. The Balaban J connectivity index is 2.42. The zero-order valence-corrected chi connectivity index (χ0v) is 22.0. The van der Waals surface area contributed by atoms with E-state index in [4.69, 9.17) is 17.7 Å². The summed E-state index contributed by atoms with van der Waals surface area (Å²) in [6.45, 7) is 13.8. The average molecular weight is 447 g/mol. The van der Waals surface area contributed by atoms with E-state index in [-0.39, 0.29) is 10.1 Å². The van der Waals surface area contributed by atoms with Gasteiger partial charge < -0.3 is 17.7 Å². The minimum absolute atomic E-state index is 0.0702. The standard InChI is InChI=1S/C24H38O4Si2/c1-23(2,3)30(27-9,24(4,5)6)28-19-20-14-13-17-22(18-20)29(25-7,26-8)21-15-11-10-12-16-21/h10-18H,19H2,1-9H3. The van der Waals surface area contributed by atoms with E-state index in [0.29, 0.717) is 6.61 Å². The molecule has 2 aromatic carbocycles. The van der Waals surface area contributed by atoms with Crippen LogP contribution in [0.2, 0.25) is 10.1 Å². The van der Waals surface area contributed by atoms with Gasteiger partial charge in [0.1, 0.15) is 0 Å². The maximum absolute atomic E-state index is 6.68. The molecule has 0 aromatic heterocycles. The SMILES string of the molecule is CO[Si](OC)(c1ccccc1)c1cccc(CO[Si](OC)(C(C)(C)C)C(C)(C)C)c1. The molecule has 0 N–H and O–H groups in total. The Morgan fingerprint density at radius 1 is 0.667 bits per heavy atom. The van der Waals surface area contributed by atoms with Crippen molar-refractivity contribution in [2.24, 2.45) is 0 Å². The first-order valence-corrected chi connectivity index (χ1v) is 14.0. The monoisotopic (exact) mass is 446 g/mol. The van der Waals surface area contributed by atoms with Crippen LogP contribution in [0.5, 0.6) is 0 Å². The van der Waals surface area contributed by atoms with Gasteiger partial charge in [-0.05, 0) is 15.9 Å². The Hall–Kier alpha value is -1.29. The first-order valence-electron chi connectivity index (χ1n) is 10.4. The third-order valence-electron chi connectivity index (χ3n) is 5.74. The molecule has 0 radical (unpaired) electrons. The van der Waals surface area contributed by atoms with Crippen LogP contribution in [0.1, 0.15) is 47.1 Å². The maximum Gasteiger partial charge on any atom is 0.406 e. The van der Waals surface area contributed by atoms with Gasteiger partial charge in [0.25, 0.3) is 0 Å². The van der Waals surface area contributed by atoms with Crippen molar-refractivity contribution in [3.8, 4) is 0 Å². The quantitative estimate of drug-likeness (QED) is 0.549. The van der Waals surface area contributed by atoms with Gasteiger partial charge in [-0.25, -0.2) is 0 Å². The number of hydrogen-bond acceptors (Lipinski definition) is 4. The summed E-state index contributed by atoms with van der Waals surface area (Å²) >= 11 is 0. The molecule has 0 aliphatic heterocycles. The van der Waals surface area contributed by atoms with Crippen LogP contribution in [0.25, 0.3) is 0 Å². The summed E-state index contributed by atoms with van der Waals surface area (Å²) in [7, 11) is -0.0552. The van der Waals surface area contributed by atoms with Crippen LogP contribution in [0.3, 0.4) is 0 Å². The zero-order chi connectivity index (χ0) is 22.6. The third kappa shape index (κ3) is 4.64. The van der Waals surface area contributed by atoms with Gasteiger partial charge in [0, 0.05) is 31.4 Å². The smallest absolute Gasteiger partial charge is 0.397 e. The van der Waals surface area contributed by atoms with Gasteiger partial charge in [0.2, 0.25) is 0 Å². The van der Waals surface area contributed by atoms with Crippen LogP contribution in [-0.4, -0.2) is 38.5 Å². The van der Waals surface area contributed by atoms with Crippen molar-refractivity contribution in [3.05, 3.63) is 60.2 Å². The van der Waals surface area contributed by atoms with Crippen molar-refractivity contribution in [1.29, 1.82) is 0 Å². The highest BCUT2D eigenvalue weighted by molar-refractivity contribution is 6.92. The van der Waals surface area contributed by atoms with Crippen molar-refractivity contribution < 1.29 is 17.7 Å². The molecule has 6 heteroatoms. The lowest BCUT2D eigenvalue weighted by Gasteiger charge is -2.48. The fraction of sp³-hybridized carbons (Fsp3) is 0.500.